The molecule has 1 aromatic rings. The summed E-state index contributed by atoms with van der Waals surface area (Å²) in [7, 11) is 1.35. The zero-order valence-electron chi connectivity index (χ0n) is 13.8. The quantitative estimate of drug-likeness (QED) is 0.816. The van der Waals surface area contributed by atoms with Gasteiger partial charge in [-0.2, -0.15) is 0 Å². The molecule has 0 radical (unpaired) electrons. The molecule has 0 heterocycles. The van der Waals surface area contributed by atoms with Gasteiger partial charge >= 0.3 is 5.97 Å². The van der Waals surface area contributed by atoms with Crippen LogP contribution in [-0.4, -0.2) is 31.6 Å². The van der Waals surface area contributed by atoms with Crippen molar-refractivity contribution in [3.8, 4) is 0 Å². The lowest BCUT2D eigenvalue weighted by Crippen LogP contribution is -2.91. The van der Waals surface area contributed by atoms with Crippen LogP contribution in [0, 0.1) is 0 Å². The predicted octanol–water partition coefficient (Wildman–Crippen LogP) is 2.09. The van der Waals surface area contributed by atoms with Crippen molar-refractivity contribution in [3.63, 3.8) is 0 Å². The average Bonchev–Trinajstić information content (AvgIpc) is 2.54. The van der Waals surface area contributed by atoms with Crippen LogP contribution in [0.4, 0.5) is 5.69 Å². The van der Waals surface area contributed by atoms with Gasteiger partial charge < -0.3 is 15.4 Å². The number of benzene rings is 1. The van der Waals surface area contributed by atoms with E-state index in [9.17, 15) is 9.59 Å². The van der Waals surface area contributed by atoms with E-state index in [0.29, 0.717) is 23.8 Å². The van der Waals surface area contributed by atoms with Gasteiger partial charge in [0, 0.05) is 5.69 Å². The van der Waals surface area contributed by atoms with Gasteiger partial charge in [-0.1, -0.05) is 19.3 Å². The fourth-order valence-electron chi connectivity index (χ4n) is 3.02. The highest BCUT2D eigenvalue weighted by Gasteiger charge is 2.15. The molecule has 1 amide bonds. The maximum Gasteiger partial charge on any atom is 0.337 e. The summed E-state index contributed by atoms with van der Waals surface area (Å²) >= 11 is 0. The third kappa shape index (κ3) is 6.02. The SMILES string of the molecule is COC(=O)c1ccc(NC(=O)C[NH2+]C2CCCCCCC2)cc1. The normalized spacial score (nSPS) is 16.2. The molecular weight excluding hydrogens is 292 g/mol. The van der Waals surface area contributed by atoms with Crippen LogP contribution < -0.4 is 10.6 Å². The Kier molecular flexibility index (Phi) is 7.07. The molecule has 0 bridgehead atoms. The number of hydrogen-bond acceptors (Lipinski definition) is 3. The van der Waals surface area contributed by atoms with Crippen molar-refractivity contribution >= 4 is 17.6 Å². The predicted molar refractivity (Wildman–Crippen MR) is 89.3 cm³/mol. The smallest absolute Gasteiger partial charge is 0.337 e. The topological polar surface area (TPSA) is 72.0 Å². The van der Waals surface area contributed by atoms with E-state index < -0.39 is 0 Å². The van der Waals surface area contributed by atoms with Crippen molar-refractivity contribution in [2.75, 3.05) is 19.0 Å². The maximum atomic E-state index is 12.0. The minimum atomic E-state index is -0.375. The van der Waals surface area contributed by atoms with Crippen molar-refractivity contribution in [1.29, 1.82) is 0 Å². The van der Waals surface area contributed by atoms with Crippen LogP contribution in [0.15, 0.2) is 24.3 Å². The molecule has 0 saturated heterocycles. The summed E-state index contributed by atoms with van der Waals surface area (Å²) in [5, 5.41) is 5.04. The van der Waals surface area contributed by atoms with Crippen molar-refractivity contribution < 1.29 is 19.6 Å². The molecule has 0 aliphatic heterocycles. The number of hydrogen-bond donors (Lipinski definition) is 2. The third-order valence-corrected chi connectivity index (χ3v) is 4.38. The molecule has 1 aliphatic rings. The molecule has 2 rings (SSSR count). The Morgan fingerprint density at radius 1 is 1.09 bits per heavy atom. The molecule has 1 fully saturated rings. The minimum Gasteiger partial charge on any atom is -0.465 e. The number of methoxy groups -OCH3 is 1. The van der Waals surface area contributed by atoms with Gasteiger partial charge in [0.15, 0.2) is 6.54 Å². The maximum absolute atomic E-state index is 12.0. The lowest BCUT2D eigenvalue weighted by molar-refractivity contribution is -0.680. The Balaban J connectivity index is 1.76. The van der Waals surface area contributed by atoms with Crippen LogP contribution in [0.25, 0.3) is 0 Å². The number of quaternary nitrogens is 1. The molecule has 126 valence electrons. The van der Waals surface area contributed by atoms with Crippen molar-refractivity contribution in [2.24, 2.45) is 0 Å². The standard InChI is InChI=1S/C18H26N2O3/c1-23-18(22)14-9-11-16(12-10-14)20-17(21)13-19-15-7-5-3-2-4-6-8-15/h9-12,15,19H,2-8,13H2,1H3,(H,20,21)/p+1. The summed E-state index contributed by atoms with van der Waals surface area (Å²) in [6, 6.07) is 7.32. The summed E-state index contributed by atoms with van der Waals surface area (Å²) in [5.41, 5.74) is 1.18. The number of rotatable bonds is 5. The second-order valence-corrected chi connectivity index (χ2v) is 6.16. The summed E-state index contributed by atoms with van der Waals surface area (Å²) in [5.74, 6) is -0.377. The molecule has 1 aliphatic carbocycles. The van der Waals surface area contributed by atoms with Gasteiger partial charge in [-0.25, -0.2) is 4.79 Å². The average molecular weight is 319 g/mol. The number of amides is 1. The van der Waals surface area contributed by atoms with E-state index in [4.69, 9.17) is 0 Å². The molecule has 0 unspecified atom stereocenters. The first-order chi connectivity index (χ1) is 11.2. The van der Waals surface area contributed by atoms with E-state index >= 15 is 0 Å². The highest BCUT2D eigenvalue weighted by Crippen LogP contribution is 2.15. The summed E-state index contributed by atoms with van der Waals surface area (Å²) in [6.07, 6.45) is 8.97. The third-order valence-electron chi connectivity index (χ3n) is 4.38. The number of nitrogens with one attached hydrogen (secondary N) is 1. The zero-order valence-corrected chi connectivity index (χ0v) is 13.8. The highest BCUT2D eigenvalue weighted by atomic mass is 16.5. The molecule has 1 saturated carbocycles. The van der Waals surface area contributed by atoms with Gasteiger partial charge in [0.05, 0.1) is 18.7 Å². The Morgan fingerprint density at radius 2 is 1.70 bits per heavy atom. The number of ether oxygens (including phenoxy) is 1. The lowest BCUT2D eigenvalue weighted by atomic mass is 9.97. The molecular formula is C18H27N2O3+. The molecule has 0 atom stereocenters. The largest absolute Gasteiger partial charge is 0.465 e. The van der Waals surface area contributed by atoms with Crippen LogP contribution in [0.3, 0.4) is 0 Å². The van der Waals surface area contributed by atoms with E-state index in [1.165, 1.54) is 52.1 Å². The van der Waals surface area contributed by atoms with Gasteiger partial charge in [0.2, 0.25) is 0 Å². The first kappa shape index (κ1) is 17.5. The second-order valence-electron chi connectivity index (χ2n) is 6.16. The zero-order chi connectivity index (χ0) is 16.5. The van der Waals surface area contributed by atoms with E-state index in [1.54, 1.807) is 24.3 Å². The molecule has 5 nitrogen and oxygen atoms in total. The Morgan fingerprint density at radius 3 is 2.30 bits per heavy atom. The lowest BCUT2D eigenvalue weighted by Gasteiger charge is -2.18. The van der Waals surface area contributed by atoms with E-state index in [2.05, 4.69) is 15.4 Å². The Bertz CT molecular complexity index is 506. The van der Waals surface area contributed by atoms with Crippen molar-refractivity contribution in [2.45, 2.75) is 51.0 Å². The van der Waals surface area contributed by atoms with Crippen LogP contribution >= 0.6 is 0 Å². The van der Waals surface area contributed by atoms with Crippen molar-refractivity contribution in [3.05, 3.63) is 29.8 Å². The van der Waals surface area contributed by atoms with Gasteiger partial charge in [0.1, 0.15) is 0 Å². The summed E-state index contributed by atoms with van der Waals surface area (Å²) in [4.78, 5) is 23.4. The molecule has 0 spiro atoms. The fourth-order valence-corrected chi connectivity index (χ4v) is 3.02. The molecule has 3 N–H and O–H groups in total. The molecule has 5 heteroatoms. The minimum absolute atomic E-state index is 0.00197. The van der Waals surface area contributed by atoms with Gasteiger partial charge in [-0.05, 0) is 49.9 Å². The van der Waals surface area contributed by atoms with E-state index in [0.717, 1.165) is 0 Å². The van der Waals surface area contributed by atoms with E-state index in [1.807, 2.05) is 0 Å². The molecule has 1 aromatic carbocycles. The molecule has 23 heavy (non-hydrogen) atoms. The monoisotopic (exact) mass is 319 g/mol. The number of carbonyl (C=O) groups excluding carboxylic acids is 2. The Hall–Kier alpha value is -1.88. The van der Waals surface area contributed by atoms with Crippen LogP contribution in [0.1, 0.15) is 55.3 Å². The number of anilines is 1. The number of esters is 1. The first-order valence-corrected chi connectivity index (χ1v) is 8.50. The second kappa shape index (κ2) is 9.30. The number of carbonyl (C=O) groups is 2. The summed E-state index contributed by atoms with van der Waals surface area (Å²) in [6.45, 7) is 0.448. The van der Waals surface area contributed by atoms with Crippen molar-refractivity contribution in [1.82, 2.24) is 0 Å². The van der Waals surface area contributed by atoms with Gasteiger partial charge in [-0.3, -0.25) is 4.79 Å². The Labute approximate surface area is 137 Å². The van der Waals surface area contributed by atoms with Crippen LogP contribution in [0.2, 0.25) is 0 Å². The number of nitrogens with two attached hydrogens (primary N) is 1. The highest BCUT2D eigenvalue weighted by molar-refractivity contribution is 5.93. The van der Waals surface area contributed by atoms with Crippen LogP contribution in [-0.2, 0) is 9.53 Å². The van der Waals surface area contributed by atoms with E-state index in [-0.39, 0.29) is 11.9 Å². The first-order valence-electron chi connectivity index (χ1n) is 8.50. The van der Waals surface area contributed by atoms with Gasteiger partial charge in [-0.15, -0.1) is 0 Å². The summed E-state index contributed by atoms with van der Waals surface area (Å²) < 4.78 is 4.65. The fraction of sp³-hybridized carbons (Fsp3) is 0.556. The molecule has 0 aromatic heterocycles. The van der Waals surface area contributed by atoms with Crippen LogP contribution in [0.5, 0.6) is 0 Å². The van der Waals surface area contributed by atoms with Gasteiger partial charge in [0.25, 0.3) is 5.91 Å².